The monoisotopic (exact) mass is 439 g/mol. The molecule has 158 valence electrons. The third kappa shape index (κ3) is 5.18. The average Bonchev–Trinajstić information content (AvgIpc) is 3.45. The highest BCUT2D eigenvalue weighted by Crippen LogP contribution is 2.25. The van der Waals surface area contributed by atoms with Crippen LogP contribution in [0.5, 0.6) is 0 Å². The first kappa shape index (κ1) is 20.8. The van der Waals surface area contributed by atoms with Crippen LogP contribution < -0.4 is 4.90 Å². The van der Waals surface area contributed by atoms with Gasteiger partial charge in [-0.2, -0.15) is 4.80 Å². The Kier molecular flexibility index (Phi) is 6.42. The lowest BCUT2D eigenvalue weighted by Gasteiger charge is -2.23. The smallest absolute Gasteiger partial charge is 0.227 e. The van der Waals surface area contributed by atoms with Gasteiger partial charge in [-0.3, -0.25) is 4.79 Å². The number of benzene rings is 2. The Balaban J connectivity index is 1.42. The van der Waals surface area contributed by atoms with Crippen LogP contribution in [0.2, 0.25) is 0 Å². The topological polar surface area (TPSA) is 63.9 Å². The van der Waals surface area contributed by atoms with Crippen molar-refractivity contribution in [2.45, 2.75) is 25.9 Å². The quantitative estimate of drug-likeness (QED) is 0.399. The molecule has 0 saturated heterocycles. The van der Waals surface area contributed by atoms with E-state index in [9.17, 15) is 13.6 Å². The van der Waals surface area contributed by atoms with Crippen molar-refractivity contribution in [3.05, 3.63) is 82.6 Å². The minimum absolute atomic E-state index is 0.0602. The van der Waals surface area contributed by atoms with Crippen LogP contribution in [0.25, 0.3) is 11.4 Å². The SMILES string of the molecule is O=C(CCCn1nnc(-c2ccccc2)n1)N(Cc1cccs1)c1ccc(F)cc1F. The molecule has 6 nitrogen and oxygen atoms in total. The van der Waals surface area contributed by atoms with Gasteiger partial charge in [0, 0.05) is 22.9 Å². The van der Waals surface area contributed by atoms with Crippen LogP contribution >= 0.6 is 11.3 Å². The summed E-state index contributed by atoms with van der Waals surface area (Å²) in [6.07, 6.45) is 0.609. The maximum absolute atomic E-state index is 14.4. The normalized spacial score (nSPS) is 10.9. The van der Waals surface area contributed by atoms with Gasteiger partial charge in [-0.05, 0) is 35.2 Å². The number of amides is 1. The third-order valence-corrected chi connectivity index (χ3v) is 5.49. The molecule has 0 spiro atoms. The van der Waals surface area contributed by atoms with Crippen LogP contribution in [0, 0.1) is 11.6 Å². The van der Waals surface area contributed by atoms with Gasteiger partial charge in [0.15, 0.2) is 0 Å². The number of aromatic nitrogens is 4. The summed E-state index contributed by atoms with van der Waals surface area (Å²) in [5.74, 6) is -1.20. The predicted octanol–water partition coefficient (Wildman–Crippen LogP) is 4.69. The van der Waals surface area contributed by atoms with Crippen LogP contribution in [-0.4, -0.2) is 26.1 Å². The van der Waals surface area contributed by atoms with Crippen molar-refractivity contribution in [2.24, 2.45) is 0 Å². The number of tetrazole rings is 1. The molecule has 2 aromatic heterocycles. The van der Waals surface area contributed by atoms with E-state index in [0.29, 0.717) is 18.8 Å². The van der Waals surface area contributed by atoms with Crippen molar-refractivity contribution in [1.82, 2.24) is 20.2 Å². The van der Waals surface area contributed by atoms with E-state index in [4.69, 9.17) is 0 Å². The average molecular weight is 439 g/mol. The van der Waals surface area contributed by atoms with E-state index in [0.717, 1.165) is 22.6 Å². The maximum Gasteiger partial charge on any atom is 0.227 e. The van der Waals surface area contributed by atoms with Gasteiger partial charge in [0.2, 0.25) is 11.7 Å². The predicted molar refractivity (Wildman–Crippen MR) is 114 cm³/mol. The number of rotatable bonds is 8. The number of carbonyl (C=O) groups excluding carboxylic acids is 1. The zero-order chi connectivity index (χ0) is 21.6. The summed E-state index contributed by atoms with van der Waals surface area (Å²) in [4.78, 5) is 16.6. The molecule has 2 aromatic carbocycles. The van der Waals surface area contributed by atoms with Crippen molar-refractivity contribution < 1.29 is 13.6 Å². The molecule has 0 atom stereocenters. The van der Waals surface area contributed by atoms with Crippen molar-refractivity contribution in [3.63, 3.8) is 0 Å². The molecule has 0 fully saturated rings. The summed E-state index contributed by atoms with van der Waals surface area (Å²) in [6.45, 7) is 0.614. The molecular weight excluding hydrogens is 420 g/mol. The molecule has 0 aliphatic carbocycles. The number of aryl methyl sites for hydroxylation is 1. The first-order valence-corrected chi connectivity index (χ1v) is 10.6. The molecule has 31 heavy (non-hydrogen) atoms. The maximum atomic E-state index is 14.4. The third-order valence-electron chi connectivity index (χ3n) is 4.63. The molecule has 9 heteroatoms. The first-order valence-electron chi connectivity index (χ1n) is 9.71. The highest BCUT2D eigenvalue weighted by atomic mass is 32.1. The number of anilines is 1. The molecule has 0 aliphatic heterocycles. The highest BCUT2D eigenvalue weighted by Gasteiger charge is 2.20. The Morgan fingerprint density at radius 3 is 2.65 bits per heavy atom. The lowest BCUT2D eigenvalue weighted by Crippen LogP contribution is -2.31. The van der Waals surface area contributed by atoms with Gasteiger partial charge in [0.1, 0.15) is 11.6 Å². The Labute approximate surface area is 181 Å². The standard InChI is InChI=1S/C22H19F2N5OS/c23-17-10-11-20(19(24)14-17)28(15-18-8-5-13-31-18)21(30)9-4-12-29-26-22(25-27-29)16-6-2-1-3-7-16/h1-3,5-8,10-11,13-14H,4,9,12,15H2. The van der Waals surface area contributed by atoms with Gasteiger partial charge in [-0.1, -0.05) is 36.4 Å². The summed E-state index contributed by atoms with van der Waals surface area (Å²) >= 11 is 1.47. The van der Waals surface area contributed by atoms with E-state index < -0.39 is 11.6 Å². The van der Waals surface area contributed by atoms with E-state index in [-0.39, 0.29) is 24.6 Å². The number of halogens is 2. The summed E-state index contributed by atoms with van der Waals surface area (Å²) < 4.78 is 27.7. The molecule has 0 aliphatic rings. The van der Waals surface area contributed by atoms with Crippen molar-refractivity contribution in [2.75, 3.05) is 4.90 Å². The molecule has 1 amide bonds. The fraction of sp³-hybridized carbons (Fsp3) is 0.182. The lowest BCUT2D eigenvalue weighted by atomic mass is 10.2. The number of carbonyl (C=O) groups is 1. The van der Waals surface area contributed by atoms with Crippen molar-refractivity contribution in [3.8, 4) is 11.4 Å². The Hall–Kier alpha value is -3.46. The summed E-state index contributed by atoms with van der Waals surface area (Å²) in [5.41, 5.74) is 0.920. The minimum Gasteiger partial charge on any atom is -0.304 e. The molecule has 4 aromatic rings. The van der Waals surface area contributed by atoms with Gasteiger partial charge in [0.25, 0.3) is 0 Å². The Morgan fingerprint density at radius 1 is 1.06 bits per heavy atom. The van der Waals surface area contributed by atoms with Gasteiger partial charge in [0.05, 0.1) is 18.8 Å². The second-order valence-corrected chi connectivity index (χ2v) is 7.87. The second kappa shape index (κ2) is 9.57. The lowest BCUT2D eigenvalue weighted by molar-refractivity contribution is -0.118. The molecule has 2 heterocycles. The van der Waals surface area contributed by atoms with Crippen LogP contribution in [-0.2, 0) is 17.9 Å². The van der Waals surface area contributed by atoms with Crippen molar-refractivity contribution >= 4 is 22.9 Å². The van der Waals surface area contributed by atoms with Crippen LogP contribution in [0.4, 0.5) is 14.5 Å². The Morgan fingerprint density at radius 2 is 1.90 bits per heavy atom. The molecule has 0 N–H and O–H groups in total. The first-order chi connectivity index (χ1) is 15.1. The molecular formula is C22H19F2N5OS. The van der Waals surface area contributed by atoms with E-state index in [2.05, 4.69) is 15.4 Å². The fourth-order valence-corrected chi connectivity index (χ4v) is 3.81. The van der Waals surface area contributed by atoms with Gasteiger partial charge in [-0.15, -0.1) is 21.5 Å². The van der Waals surface area contributed by atoms with Gasteiger partial charge in [-0.25, -0.2) is 8.78 Å². The van der Waals surface area contributed by atoms with E-state index in [1.54, 1.807) is 0 Å². The van der Waals surface area contributed by atoms with E-state index >= 15 is 0 Å². The fourth-order valence-electron chi connectivity index (χ4n) is 3.11. The summed E-state index contributed by atoms with van der Waals surface area (Å²) in [5, 5.41) is 14.3. The van der Waals surface area contributed by atoms with Crippen LogP contribution in [0.15, 0.2) is 66.0 Å². The van der Waals surface area contributed by atoms with E-state index in [1.165, 1.54) is 27.1 Å². The second-order valence-electron chi connectivity index (χ2n) is 6.83. The van der Waals surface area contributed by atoms with Gasteiger partial charge >= 0.3 is 0 Å². The van der Waals surface area contributed by atoms with E-state index in [1.807, 2.05) is 47.8 Å². The number of thiophene rings is 1. The van der Waals surface area contributed by atoms with Crippen molar-refractivity contribution in [1.29, 1.82) is 0 Å². The molecule has 0 bridgehead atoms. The zero-order valence-corrected chi connectivity index (χ0v) is 17.3. The highest BCUT2D eigenvalue weighted by molar-refractivity contribution is 7.09. The Bertz CT molecular complexity index is 1150. The molecule has 0 radical (unpaired) electrons. The number of nitrogens with zero attached hydrogens (tertiary/aromatic N) is 5. The van der Waals surface area contributed by atoms with Gasteiger partial charge < -0.3 is 4.90 Å². The largest absolute Gasteiger partial charge is 0.304 e. The molecule has 0 saturated carbocycles. The van der Waals surface area contributed by atoms with Crippen LogP contribution in [0.1, 0.15) is 17.7 Å². The molecule has 4 rings (SSSR count). The minimum atomic E-state index is -0.768. The number of hydrogen-bond acceptors (Lipinski definition) is 5. The number of hydrogen-bond donors (Lipinski definition) is 0. The van der Waals surface area contributed by atoms with Crippen LogP contribution in [0.3, 0.4) is 0 Å². The summed E-state index contributed by atoms with van der Waals surface area (Å²) in [7, 11) is 0. The zero-order valence-electron chi connectivity index (χ0n) is 16.5. The molecule has 0 unspecified atom stereocenters. The summed E-state index contributed by atoms with van der Waals surface area (Å²) in [6, 6.07) is 16.5.